The average Bonchev–Trinajstić information content (AvgIpc) is 2.49. The lowest BCUT2D eigenvalue weighted by atomic mass is 9.72. The number of benzene rings is 1. The van der Waals surface area contributed by atoms with Gasteiger partial charge in [-0.3, -0.25) is 0 Å². The summed E-state index contributed by atoms with van der Waals surface area (Å²) >= 11 is 0. The summed E-state index contributed by atoms with van der Waals surface area (Å²) in [6, 6.07) is 7.34. The molecule has 0 saturated carbocycles. The van der Waals surface area contributed by atoms with Crippen LogP contribution in [0, 0.1) is 5.82 Å². The Balaban J connectivity index is 2.28. The van der Waals surface area contributed by atoms with Crippen LogP contribution >= 0.6 is 0 Å². The van der Waals surface area contributed by atoms with Crippen LogP contribution < -0.4 is 5.32 Å². The quantitative estimate of drug-likeness (QED) is 0.729. The second kappa shape index (κ2) is 7.22. The van der Waals surface area contributed by atoms with Crippen LogP contribution in [0.5, 0.6) is 0 Å². The maximum absolute atomic E-state index is 13.2. The van der Waals surface area contributed by atoms with Gasteiger partial charge in [0.15, 0.2) is 0 Å². The molecule has 0 saturated heterocycles. The van der Waals surface area contributed by atoms with Crippen LogP contribution in [0.1, 0.15) is 58.4 Å². The highest BCUT2D eigenvalue weighted by atomic mass is 19.1. The molecule has 21 heavy (non-hydrogen) atoms. The number of hydrogen-bond donors (Lipinski definition) is 1. The molecule has 0 radical (unpaired) electrons. The third kappa shape index (κ3) is 3.94. The Morgan fingerprint density at radius 1 is 1.19 bits per heavy atom. The van der Waals surface area contributed by atoms with E-state index in [-0.39, 0.29) is 11.2 Å². The van der Waals surface area contributed by atoms with Crippen molar-refractivity contribution >= 4 is 0 Å². The summed E-state index contributed by atoms with van der Waals surface area (Å²) in [5.74, 6) is -0.163. The third-order valence-corrected chi connectivity index (χ3v) is 4.61. The topological polar surface area (TPSA) is 12.0 Å². The number of nitrogens with one attached hydrogen (secondary N) is 1. The van der Waals surface area contributed by atoms with E-state index >= 15 is 0 Å². The Labute approximate surface area is 128 Å². The van der Waals surface area contributed by atoms with Gasteiger partial charge in [-0.1, -0.05) is 44.6 Å². The van der Waals surface area contributed by atoms with Gasteiger partial charge < -0.3 is 5.32 Å². The zero-order chi connectivity index (χ0) is 15.3. The van der Waals surface area contributed by atoms with Gasteiger partial charge in [-0.25, -0.2) is 4.39 Å². The van der Waals surface area contributed by atoms with Crippen molar-refractivity contribution in [2.24, 2.45) is 0 Å². The summed E-state index contributed by atoms with van der Waals surface area (Å²) in [6.07, 6.45) is 8.52. The standard InChI is InChI=1S/C19H28FN/c1-4-14-21-18(15-8-6-5-7-9-15)19(2,3)16-10-12-17(20)13-11-16/h8,10-13,18,21H,4-7,9,14H2,1-3H3. The average molecular weight is 289 g/mol. The van der Waals surface area contributed by atoms with Crippen molar-refractivity contribution < 1.29 is 4.39 Å². The SMILES string of the molecule is CCCNC(C1=CCCCC1)C(C)(C)c1ccc(F)cc1. The van der Waals surface area contributed by atoms with Crippen LogP contribution in [0.25, 0.3) is 0 Å². The van der Waals surface area contributed by atoms with Crippen LogP contribution in [-0.2, 0) is 5.41 Å². The van der Waals surface area contributed by atoms with Crippen LogP contribution in [0.4, 0.5) is 4.39 Å². The highest BCUT2D eigenvalue weighted by Gasteiger charge is 2.33. The lowest BCUT2D eigenvalue weighted by molar-refractivity contribution is 0.366. The van der Waals surface area contributed by atoms with Gasteiger partial charge in [-0.05, 0) is 56.3 Å². The summed E-state index contributed by atoms with van der Waals surface area (Å²) < 4.78 is 13.2. The van der Waals surface area contributed by atoms with E-state index in [1.165, 1.54) is 36.8 Å². The maximum Gasteiger partial charge on any atom is 0.123 e. The summed E-state index contributed by atoms with van der Waals surface area (Å²) in [6.45, 7) is 7.75. The molecule has 2 heteroatoms. The second-order valence-corrected chi connectivity index (χ2v) is 6.64. The Kier molecular flexibility index (Phi) is 5.58. The molecule has 1 aliphatic rings. The molecule has 0 bridgehead atoms. The van der Waals surface area contributed by atoms with E-state index in [9.17, 15) is 4.39 Å². The summed E-state index contributed by atoms with van der Waals surface area (Å²) in [5.41, 5.74) is 2.69. The molecule has 1 atom stereocenters. The smallest absolute Gasteiger partial charge is 0.123 e. The highest BCUT2D eigenvalue weighted by molar-refractivity contribution is 5.32. The fraction of sp³-hybridized carbons (Fsp3) is 0.579. The van der Waals surface area contributed by atoms with Crippen molar-refractivity contribution in [3.63, 3.8) is 0 Å². The molecule has 0 aromatic heterocycles. The van der Waals surface area contributed by atoms with Crippen molar-refractivity contribution in [3.8, 4) is 0 Å². The first kappa shape index (κ1) is 16.2. The molecule has 1 aromatic rings. The number of rotatable bonds is 6. The lowest BCUT2D eigenvalue weighted by Crippen LogP contribution is -2.46. The first-order valence-corrected chi connectivity index (χ1v) is 8.24. The van der Waals surface area contributed by atoms with Gasteiger partial charge in [0.05, 0.1) is 0 Å². The molecule has 0 fully saturated rings. The Morgan fingerprint density at radius 3 is 2.48 bits per heavy atom. The third-order valence-electron chi connectivity index (χ3n) is 4.61. The van der Waals surface area contributed by atoms with E-state index in [0.717, 1.165) is 13.0 Å². The van der Waals surface area contributed by atoms with E-state index in [1.54, 1.807) is 12.1 Å². The second-order valence-electron chi connectivity index (χ2n) is 6.64. The normalized spacial score (nSPS) is 17.4. The van der Waals surface area contributed by atoms with Crippen molar-refractivity contribution in [1.29, 1.82) is 0 Å². The van der Waals surface area contributed by atoms with Crippen LogP contribution in [0.3, 0.4) is 0 Å². The van der Waals surface area contributed by atoms with Gasteiger partial charge in [-0.15, -0.1) is 0 Å². The van der Waals surface area contributed by atoms with Gasteiger partial charge in [0.1, 0.15) is 5.82 Å². The van der Waals surface area contributed by atoms with Crippen LogP contribution in [0.2, 0.25) is 0 Å². The minimum absolute atomic E-state index is 0.0357. The van der Waals surface area contributed by atoms with Crippen LogP contribution in [-0.4, -0.2) is 12.6 Å². The van der Waals surface area contributed by atoms with E-state index in [0.29, 0.717) is 6.04 Å². The van der Waals surface area contributed by atoms with Crippen molar-refractivity contribution in [2.75, 3.05) is 6.54 Å². The zero-order valence-corrected chi connectivity index (χ0v) is 13.6. The monoisotopic (exact) mass is 289 g/mol. The van der Waals surface area contributed by atoms with Crippen LogP contribution in [0.15, 0.2) is 35.9 Å². The van der Waals surface area contributed by atoms with Gasteiger partial charge in [0, 0.05) is 11.5 Å². The maximum atomic E-state index is 13.2. The van der Waals surface area contributed by atoms with Gasteiger partial charge >= 0.3 is 0 Å². The van der Waals surface area contributed by atoms with Gasteiger partial charge in [0.25, 0.3) is 0 Å². The van der Waals surface area contributed by atoms with Gasteiger partial charge in [0.2, 0.25) is 0 Å². The molecule has 116 valence electrons. The van der Waals surface area contributed by atoms with E-state index in [1.807, 2.05) is 12.1 Å². The molecule has 0 aliphatic heterocycles. The van der Waals surface area contributed by atoms with Gasteiger partial charge in [-0.2, -0.15) is 0 Å². The van der Waals surface area contributed by atoms with Crippen molar-refractivity contribution in [2.45, 2.75) is 64.3 Å². The first-order chi connectivity index (χ1) is 10.1. The fourth-order valence-corrected chi connectivity index (χ4v) is 3.31. The van der Waals surface area contributed by atoms with E-state index < -0.39 is 0 Å². The molecule has 1 aromatic carbocycles. The minimum atomic E-state index is -0.163. The zero-order valence-electron chi connectivity index (χ0n) is 13.6. The Morgan fingerprint density at radius 2 is 1.90 bits per heavy atom. The van der Waals surface area contributed by atoms with E-state index in [4.69, 9.17) is 0 Å². The number of halogens is 1. The predicted octanol–water partition coefficient (Wildman–Crippen LogP) is 4.97. The summed E-state index contributed by atoms with van der Waals surface area (Å²) in [5, 5.41) is 3.73. The van der Waals surface area contributed by atoms with Crippen molar-refractivity contribution in [3.05, 3.63) is 47.3 Å². The molecule has 0 spiro atoms. The molecule has 1 N–H and O–H groups in total. The molecule has 1 aliphatic carbocycles. The largest absolute Gasteiger partial charge is 0.309 e. The molecule has 1 unspecified atom stereocenters. The first-order valence-electron chi connectivity index (χ1n) is 8.24. The van der Waals surface area contributed by atoms with Crippen molar-refractivity contribution in [1.82, 2.24) is 5.32 Å². The fourth-order valence-electron chi connectivity index (χ4n) is 3.31. The minimum Gasteiger partial charge on any atom is -0.309 e. The Bertz CT molecular complexity index is 473. The molecule has 0 amide bonds. The molecule has 2 rings (SSSR count). The number of hydrogen-bond acceptors (Lipinski definition) is 1. The predicted molar refractivity (Wildman–Crippen MR) is 88.1 cm³/mol. The number of allylic oxidation sites excluding steroid dienone is 1. The molecular formula is C19H28FN. The highest BCUT2D eigenvalue weighted by Crippen LogP contribution is 2.34. The van der Waals surface area contributed by atoms with E-state index in [2.05, 4.69) is 32.2 Å². The summed E-state index contributed by atoms with van der Waals surface area (Å²) in [7, 11) is 0. The molecule has 1 nitrogen and oxygen atoms in total. The summed E-state index contributed by atoms with van der Waals surface area (Å²) in [4.78, 5) is 0. The molecule has 0 heterocycles. The Hall–Kier alpha value is -1.15. The lowest BCUT2D eigenvalue weighted by Gasteiger charge is -2.38. The molecular weight excluding hydrogens is 261 g/mol.